The molecule has 29 heavy (non-hydrogen) atoms. The fourth-order valence-corrected chi connectivity index (χ4v) is 3.95. The zero-order chi connectivity index (χ0) is 20.9. The van der Waals surface area contributed by atoms with Gasteiger partial charge in [0.1, 0.15) is 5.75 Å². The summed E-state index contributed by atoms with van der Waals surface area (Å²) in [6, 6.07) is 16.8. The summed E-state index contributed by atoms with van der Waals surface area (Å²) in [6.45, 7) is 0.296. The van der Waals surface area contributed by atoms with E-state index < -0.39 is 15.9 Å². The van der Waals surface area contributed by atoms with Crippen LogP contribution in [0.1, 0.15) is 16.1 Å². The maximum atomic E-state index is 13.0. The second-order valence-electron chi connectivity index (χ2n) is 6.13. The molecule has 0 bridgehead atoms. The van der Waals surface area contributed by atoms with Crippen molar-refractivity contribution in [3.8, 4) is 16.9 Å². The van der Waals surface area contributed by atoms with Crippen LogP contribution < -0.4 is 9.46 Å². The van der Waals surface area contributed by atoms with Crippen molar-refractivity contribution in [1.29, 1.82) is 0 Å². The highest BCUT2D eigenvalue weighted by Gasteiger charge is 2.23. The van der Waals surface area contributed by atoms with Crippen LogP contribution in [-0.4, -0.2) is 33.5 Å². The summed E-state index contributed by atoms with van der Waals surface area (Å²) < 4.78 is 38.3. The molecule has 0 saturated carbocycles. The average molecular weight is 412 g/mol. The first kappa shape index (κ1) is 20.5. The normalized spacial score (nSPS) is 11.1. The molecule has 1 heterocycles. The molecule has 0 aliphatic heterocycles. The number of methoxy groups -OCH3 is 2. The Labute approximate surface area is 169 Å². The van der Waals surface area contributed by atoms with Crippen molar-refractivity contribution in [3.63, 3.8) is 0 Å². The van der Waals surface area contributed by atoms with Crippen molar-refractivity contribution in [1.82, 2.24) is 9.71 Å². The van der Waals surface area contributed by atoms with Crippen LogP contribution >= 0.6 is 0 Å². The summed E-state index contributed by atoms with van der Waals surface area (Å²) in [5.41, 5.74) is 1.91. The Morgan fingerprint density at radius 1 is 1.03 bits per heavy atom. The molecule has 0 radical (unpaired) electrons. The lowest BCUT2D eigenvalue weighted by Crippen LogP contribution is -2.31. The molecule has 1 amide bonds. The molecule has 3 aromatic rings. The van der Waals surface area contributed by atoms with E-state index in [1.165, 1.54) is 32.5 Å². The topological polar surface area (TPSA) is 94.6 Å². The number of rotatable bonds is 7. The van der Waals surface area contributed by atoms with Gasteiger partial charge in [-0.1, -0.05) is 30.3 Å². The summed E-state index contributed by atoms with van der Waals surface area (Å²) in [7, 11) is -1.19. The molecular weight excluding hydrogens is 392 g/mol. The predicted molar refractivity (Wildman–Crippen MR) is 108 cm³/mol. The third kappa shape index (κ3) is 4.79. The number of pyridine rings is 1. The molecule has 0 unspecified atom stereocenters. The number of ether oxygens (including phenoxy) is 2. The van der Waals surface area contributed by atoms with Gasteiger partial charge >= 0.3 is 0 Å². The van der Waals surface area contributed by atoms with Crippen LogP contribution in [-0.2, 0) is 21.4 Å². The van der Waals surface area contributed by atoms with Gasteiger partial charge in [0, 0.05) is 24.9 Å². The molecule has 0 aliphatic carbocycles. The largest absolute Gasteiger partial charge is 0.497 e. The lowest BCUT2D eigenvalue weighted by molar-refractivity contribution is 0.0981. The number of aromatic nitrogens is 1. The Hall–Kier alpha value is -3.23. The average Bonchev–Trinajstić information content (AvgIpc) is 2.74. The molecule has 1 N–H and O–H groups in total. The van der Waals surface area contributed by atoms with Crippen LogP contribution in [0.3, 0.4) is 0 Å². The highest BCUT2D eigenvalue weighted by Crippen LogP contribution is 2.30. The predicted octanol–water partition coefficient (Wildman–Crippen LogP) is 3.02. The van der Waals surface area contributed by atoms with Crippen LogP contribution in [0.5, 0.6) is 5.75 Å². The van der Waals surface area contributed by atoms with Gasteiger partial charge in [-0.2, -0.15) is 0 Å². The van der Waals surface area contributed by atoms with Crippen LogP contribution in [0.15, 0.2) is 71.8 Å². The third-order valence-electron chi connectivity index (χ3n) is 4.17. The van der Waals surface area contributed by atoms with Crippen molar-refractivity contribution in [2.75, 3.05) is 14.2 Å². The van der Waals surface area contributed by atoms with Crippen LogP contribution in [0.4, 0.5) is 0 Å². The van der Waals surface area contributed by atoms with E-state index in [0.29, 0.717) is 29.2 Å². The number of nitrogens with zero attached hydrogens (tertiary/aromatic N) is 1. The summed E-state index contributed by atoms with van der Waals surface area (Å²) >= 11 is 0. The van der Waals surface area contributed by atoms with Crippen molar-refractivity contribution in [2.45, 2.75) is 11.5 Å². The van der Waals surface area contributed by atoms with Crippen LogP contribution in [0.25, 0.3) is 11.1 Å². The van der Waals surface area contributed by atoms with E-state index in [0.717, 1.165) is 0 Å². The molecule has 0 aliphatic rings. The van der Waals surface area contributed by atoms with Gasteiger partial charge in [0.2, 0.25) is 0 Å². The summed E-state index contributed by atoms with van der Waals surface area (Å²) in [5.74, 6) is -0.411. The standard InChI is InChI=1S/C21H20N2O5S/c1-27-14-17-9-8-16(13-22-17)21(24)23-29(25,26)20-12-18(28-2)10-11-19(20)15-6-4-3-5-7-15/h3-13H,14H2,1-2H3,(H,23,24). The summed E-state index contributed by atoms with van der Waals surface area (Å²) in [4.78, 5) is 16.5. The molecule has 2 aromatic carbocycles. The number of benzene rings is 2. The van der Waals surface area contributed by atoms with E-state index in [1.54, 1.807) is 30.3 Å². The van der Waals surface area contributed by atoms with Crippen LogP contribution in [0.2, 0.25) is 0 Å². The number of nitrogens with one attached hydrogen (secondary N) is 1. The van der Waals surface area contributed by atoms with Crippen molar-refractivity contribution < 1.29 is 22.7 Å². The number of carbonyl (C=O) groups is 1. The Kier molecular flexibility index (Phi) is 6.26. The first-order valence-corrected chi connectivity index (χ1v) is 10.2. The second kappa shape index (κ2) is 8.85. The minimum absolute atomic E-state index is 0.0552. The van der Waals surface area contributed by atoms with Gasteiger partial charge in [-0.25, -0.2) is 13.1 Å². The van der Waals surface area contributed by atoms with Gasteiger partial charge in [-0.05, 0) is 29.8 Å². The zero-order valence-electron chi connectivity index (χ0n) is 16.0. The van der Waals surface area contributed by atoms with E-state index in [1.807, 2.05) is 18.2 Å². The van der Waals surface area contributed by atoms with E-state index in [2.05, 4.69) is 9.71 Å². The fourth-order valence-electron chi connectivity index (χ4n) is 2.74. The van der Waals surface area contributed by atoms with Gasteiger partial charge < -0.3 is 9.47 Å². The smallest absolute Gasteiger partial charge is 0.266 e. The molecule has 0 atom stereocenters. The van der Waals surface area contributed by atoms with E-state index in [4.69, 9.17) is 9.47 Å². The maximum absolute atomic E-state index is 13.0. The van der Waals surface area contributed by atoms with Gasteiger partial charge in [0.25, 0.3) is 15.9 Å². The molecule has 7 nitrogen and oxygen atoms in total. The molecular formula is C21H20N2O5S. The minimum atomic E-state index is -4.17. The summed E-state index contributed by atoms with van der Waals surface area (Å²) in [6.07, 6.45) is 1.31. The number of carbonyl (C=O) groups excluding carboxylic acids is 1. The Morgan fingerprint density at radius 2 is 1.79 bits per heavy atom. The number of hydrogen-bond acceptors (Lipinski definition) is 6. The first-order valence-electron chi connectivity index (χ1n) is 8.69. The zero-order valence-corrected chi connectivity index (χ0v) is 16.8. The van der Waals surface area contributed by atoms with Gasteiger partial charge in [0.15, 0.2) is 0 Å². The maximum Gasteiger partial charge on any atom is 0.266 e. The molecule has 0 fully saturated rings. The lowest BCUT2D eigenvalue weighted by Gasteiger charge is -2.13. The molecule has 1 aromatic heterocycles. The second-order valence-corrected chi connectivity index (χ2v) is 7.78. The molecule has 150 valence electrons. The highest BCUT2D eigenvalue weighted by molar-refractivity contribution is 7.90. The number of sulfonamides is 1. The Bertz CT molecular complexity index is 1100. The fraction of sp³-hybridized carbons (Fsp3) is 0.143. The molecule has 0 saturated heterocycles. The quantitative estimate of drug-likeness (QED) is 0.641. The monoisotopic (exact) mass is 412 g/mol. The van der Waals surface area contributed by atoms with Gasteiger partial charge in [0.05, 0.1) is 29.9 Å². The van der Waals surface area contributed by atoms with E-state index in [-0.39, 0.29) is 10.5 Å². The minimum Gasteiger partial charge on any atom is -0.497 e. The number of amides is 1. The van der Waals surface area contributed by atoms with E-state index in [9.17, 15) is 13.2 Å². The third-order valence-corrected chi connectivity index (χ3v) is 5.54. The number of hydrogen-bond donors (Lipinski definition) is 1. The Balaban J connectivity index is 1.95. The van der Waals surface area contributed by atoms with Crippen molar-refractivity contribution >= 4 is 15.9 Å². The van der Waals surface area contributed by atoms with Gasteiger partial charge in [-0.3, -0.25) is 9.78 Å². The lowest BCUT2D eigenvalue weighted by atomic mass is 10.1. The summed E-state index contributed by atoms with van der Waals surface area (Å²) in [5, 5.41) is 0. The van der Waals surface area contributed by atoms with E-state index >= 15 is 0 Å². The SMILES string of the molecule is COCc1ccc(C(=O)NS(=O)(=O)c2cc(OC)ccc2-c2ccccc2)cn1. The van der Waals surface area contributed by atoms with Crippen molar-refractivity contribution in [2.24, 2.45) is 0 Å². The Morgan fingerprint density at radius 3 is 2.41 bits per heavy atom. The van der Waals surface area contributed by atoms with Crippen molar-refractivity contribution in [3.05, 3.63) is 78.1 Å². The van der Waals surface area contributed by atoms with Crippen LogP contribution in [0, 0.1) is 0 Å². The first-order chi connectivity index (χ1) is 13.9. The molecule has 0 spiro atoms. The highest BCUT2D eigenvalue weighted by atomic mass is 32.2. The van der Waals surface area contributed by atoms with Gasteiger partial charge in [-0.15, -0.1) is 0 Å². The molecule has 3 rings (SSSR count). The molecule has 8 heteroatoms.